The summed E-state index contributed by atoms with van der Waals surface area (Å²) >= 11 is 12.7. The van der Waals surface area contributed by atoms with Gasteiger partial charge >= 0.3 is 0 Å². The maximum absolute atomic E-state index is 13.2. The topological polar surface area (TPSA) is 23.6 Å². The van der Waals surface area contributed by atoms with Gasteiger partial charge in [-0.05, 0) is 47.7 Å². The van der Waals surface area contributed by atoms with E-state index in [1.54, 1.807) is 6.07 Å². The Kier molecular flexibility index (Phi) is 7.31. The van der Waals surface area contributed by atoms with Crippen LogP contribution in [-0.2, 0) is 11.2 Å². The number of hydrogen-bond donors (Lipinski definition) is 0. The van der Waals surface area contributed by atoms with Crippen molar-refractivity contribution in [3.63, 3.8) is 0 Å². The predicted molar refractivity (Wildman–Crippen MR) is 139 cm³/mol. The number of piperazine rings is 1. The van der Waals surface area contributed by atoms with E-state index < -0.39 is 0 Å². The summed E-state index contributed by atoms with van der Waals surface area (Å²) in [6.07, 6.45) is 0.417. The summed E-state index contributed by atoms with van der Waals surface area (Å²) in [5, 5.41) is 1.25. The fourth-order valence-corrected chi connectivity index (χ4v) is 4.91. The molecule has 3 aromatic rings. The van der Waals surface area contributed by atoms with Gasteiger partial charge in [-0.1, -0.05) is 91.1 Å². The quantitative estimate of drug-likeness (QED) is 0.390. The minimum atomic E-state index is 0.0188. The van der Waals surface area contributed by atoms with E-state index in [-0.39, 0.29) is 11.9 Å². The average molecular weight is 481 g/mol. The Morgan fingerprint density at radius 3 is 2.30 bits per heavy atom. The van der Waals surface area contributed by atoms with Gasteiger partial charge in [-0.2, -0.15) is 0 Å². The molecule has 3 nitrogen and oxygen atoms in total. The molecule has 0 N–H and O–H groups in total. The number of carbonyl (C=O) groups is 1. The maximum atomic E-state index is 13.2. The van der Waals surface area contributed by atoms with E-state index in [2.05, 4.69) is 74.2 Å². The Hall–Kier alpha value is -2.49. The van der Waals surface area contributed by atoms with Gasteiger partial charge < -0.3 is 9.80 Å². The highest BCUT2D eigenvalue weighted by molar-refractivity contribution is 6.36. The zero-order chi connectivity index (χ0) is 23.5. The molecule has 1 fully saturated rings. The van der Waals surface area contributed by atoms with Crippen molar-refractivity contribution in [1.29, 1.82) is 0 Å². The molecule has 5 heteroatoms. The zero-order valence-corrected chi connectivity index (χ0v) is 20.9. The third kappa shape index (κ3) is 5.54. The van der Waals surface area contributed by atoms with Crippen LogP contribution in [0.4, 0.5) is 5.69 Å². The highest BCUT2D eigenvalue weighted by Gasteiger charge is 2.31. The number of benzene rings is 3. The van der Waals surface area contributed by atoms with Gasteiger partial charge in [0, 0.05) is 24.7 Å². The van der Waals surface area contributed by atoms with Crippen LogP contribution < -0.4 is 4.90 Å². The Morgan fingerprint density at radius 1 is 0.970 bits per heavy atom. The van der Waals surface area contributed by atoms with E-state index in [4.69, 9.17) is 23.2 Å². The van der Waals surface area contributed by atoms with Crippen molar-refractivity contribution in [2.24, 2.45) is 0 Å². The molecule has 1 atom stereocenters. The molecule has 0 bridgehead atoms. The molecule has 0 spiro atoms. The van der Waals surface area contributed by atoms with Gasteiger partial charge in [0.1, 0.15) is 0 Å². The summed E-state index contributed by atoms with van der Waals surface area (Å²) in [7, 11) is 0. The molecule has 0 aliphatic carbocycles. The van der Waals surface area contributed by atoms with Gasteiger partial charge in [-0.3, -0.25) is 4.79 Å². The predicted octanol–water partition coefficient (Wildman–Crippen LogP) is 7.06. The number of anilines is 1. The van der Waals surface area contributed by atoms with Gasteiger partial charge in [-0.25, -0.2) is 0 Å². The van der Waals surface area contributed by atoms with Gasteiger partial charge in [0.15, 0.2) is 0 Å². The SMILES string of the molecule is Cc1ccc(C2CN(C(=O)Cc3ccc(C(C)C)cc3)CCN2c2ccc(Cl)cc2Cl)cc1. The molecule has 1 aliphatic rings. The molecule has 1 saturated heterocycles. The fraction of sp³-hybridized carbons (Fsp3) is 0.321. The lowest BCUT2D eigenvalue weighted by atomic mass is 9.98. The lowest BCUT2D eigenvalue weighted by molar-refractivity contribution is -0.131. The Morgan fingerprint density at radius 2 is 1.67 bits per heavy atom. The number of nitrogens with zero attached hydrogens (tertiary/aromatic N) is 2. The molecule has 1 unspecified atom stereocenters. The number of carbonyl (C=O) groups excluding carboxylic acids is 1. The second kappa shape index (κ2) is 10.2. The van der Waals surface area contributed by atoms with Crippen molar-refractivity contribution in [1.82, 2.24) is 4.90 Å². The van der Waals surface area contributed by atoms with Crippen LogP contribution in [0.15, 0.2) is 66.7 Å². The summed E-state index contributed by atoms with van der Waals surface area (Å²) < 4.78 is 0. The molecule has 4 rings (SSSR count). The first-order chi connectivity index (χ1) is 15.8. The van der Waals surface area contributed by atoms with E-state index in [1.165, 1.54) is 16.7 Å². The molecule has 172 valence electrons. The number of halogens is 2. The highest BCUT2D eigenvalue weighted by atomic mass is 35.5. The van der Waals surface area contributed by atoms with E-state index in [0.717, 1.165) is 11.3 Å². The summed E-state index contributed by atoms with van der Waals surface area (Å²) in [6.45, 7) is 8.42. The van der Waals surface area contributed by atoms with Crippen LogP contribution in [-0.4, -0.2) is 30.4 Å². The first kappa shape index (κ1) is 23.7. The summed E-state index contributed by atoms with van der Waals surface area (Å²) in [6, 6.07) is 22.6. The lowest BCUT2D eigenvalue weighted by Gasteiger charge is -2.43. The molecule has 0 saturated carbocycles. The lowest BCUT2D eigenvalue weighted by Crippen LogP contribution is -2.51. The standard InChI is InChI=1S/C28H30Cl2N2O/c1-19(2)22-10-6-21(7-11-22)16-28(33)31-14-15-32(26-13-12-24(29)17-25(26)30)27(18-31)23-8-4-20(3)5-9-23/h4-13,17,19,27H,14-16,18H2,1-3H3. The van der Waals surface area contributed by atoms with Crippen LogP contribution in [0.1, 0.15) is 48.1 Å². The van der Waals surface area contributed by atoms with Crippen LogP contribution in [0.3, 0.4) is 0 Å². The Labute approximate surface area is 206 Å². The zero-order valence-electron chi connectivity index (χ0n) is 19.4. The maximum Gasteiger partial charge on any atom is 0.227 e. The molecular formula is C28H30Cl2N2O. The molecular weight excluding hydrogens is 451 g/mol. The van der Waals surface area contributed by atoms with Gasteiger partial charge in [0.25, 0.3) is 0 Å². The van der Waals surface area contributed by atoms with Crippen molar-refractivity contribution in [2.45, 2.75) is 39.2 Å². The van der Waals surface area contributed by atoms with Crippen LogP contribution in [0.25, 0.3) is 0 Å². The summed E-state index contributed by atoms with van der Waals surface area (Å²) in [4.78, 5) is 17.5. The van der Waals surface area contributed by atoms with Crippen LogP contribution >= 0.6 is 23.2 Å². The largest absolute Gasteiger partial charge is 0.360 e. The normalized spacial score (nSPS) is 16.4. The van der Waals surface area contributed by atoms with Crippen LogP contribution in [0, 0.1) is 6.92 Å². The second-order valence-electron chi connectivity index (χ2n) is 9.13. The molecule has 1 aliphatic heterocycles. The highest BCUT2D eigenvalue weighted by Crippen LogP contribution is 2.36. The first-order valence-electron chi connectivity index (χ1n) is 11.5. The molecule has 3 aromatic carbocycles. The first-order valence-corrected chi connectivity index (χ1v) is 12.2. The average Bonchev–Trinajstić information content (AvgIpc) is 2.80. The van der Waals surface area contributed by atoms with Crippen molar-refractivity contribution >= 4 is 34.8 Å². The van der Waals surface area contributed by atoms with Crippen molar-refractivity contribution < 1.29 is 4.79 Å². The van der Waals surface area contributed by atoms with E-state index in [1.807, 2.05) is 17.0 Å². The molecule has 1 heterocycles. The number of aryl methyl sites for hydroxylation is 1. The third-order valence-corrected chi connectivity index (χ3v) is 6.95. The van der Waals surface area contributed by atoms with Gasteiger partial charge in [-0.15, -0.1) is 0 Å². The van der Waals surface area contributed by atoms with Crippen molar-refractivity contribution in [3.05, 3.63) is 99.0 Å². The van der Waals surface area contributed by atoms with Crippen molar-refractivity contribution in [3.8, 4) is 0 Å². The van der Waals surface area contributed by atoms with E-state index in [0.29, 0.717) is 42.0 Å². The van der Waals surface area contributed by atoms with Crippen LogP contribution in [0.2, 0.25) is 10.0 Å². The van der Waals surface area contributed by atoms with Gasteiger partial charge in [0.05, 0.1) is 23.2 Å². The minimum absolute atomic E-state index is 0.0188. The Balaban J connectivity index is 1.56. The molecule has 0 radical (unpaired) electrons. The van der Waals surface area contributed by atoms with Crippen molar-refractivity contribution in [2.75, 3.05) is 24.5 Å². The van der Waals surface area contributed by atoms with E-state index >= 15 is 0 Å². The molecule has 1 amide bonds. The fourth-order valence-electron chi connectivity index (χ4n) is 4.39. The van der Waals surface area contributed by atoms with E-state index in [9.17, 15) is 4.79 Å². The number of hydrogen-bond acceptors (Lipinski definition) is 2. The third-order valence-electron chi connectivity index (χ3n) is 6.42. The molecule has 33 heavy (non-hydrogen) atoms. The summed E-state index contributed by atoms with van der Waals surface area (Å²) in [5.74, 6) is 0.643. The number of amides is 1. The Bertz CT molecular complexity index is 1110. The smallest absolute Gasteiger partial charge is 0.227 e. The van der Waals surface area contributed by atoms with Gasteiger partial charge in [0.2, 0.25) is 5.91 Å². The molecule has 0 aromatic heterocycles. The van der Waals surface area contributed by atoms with Crippen LogP contribution in [0.5, 0.6) is 0 Å². The number of rotatable bonds is 5. The monoisotopic (exact) mass is 480 g/mol. The second-order valence-corrected chi connectivity index (χ2v) is 9.97. The summed E-state index contributed by atoms with van der Waals surface area (Å²) in [5.41, 5.74) is 5.68. The minimum Gasteiger partial charge on any atom is -0.360 e.